The number of rotatable bonds is 6. The van der Waals surface area contributed by atoms with E-state index in [9.17, 15) is 0 Å². The van der Waals surface area contributed by atoms with E-state index in [1.807, 2.05) is 24.3 Å². The monoisotopic (exact) mass is 297 g/mol. The Kier molecular flexibility index (Phi) is 5.31. The van der Waals surface area contributed by atoms with Crippen molar-refractivity contribution in [1.82, 2.24) is 4.98 Å². The molecule has 0 bridgehead atoms. The van der Waals surface area contributed by atoms with Gasteiger partial charge < -0.3 is 9.52 Å². The molecular weight excluding hydrogens is 282 g/mol. The van der Waals surface area contributed by atoms with Crippen LogP contribution in [0.4, 0.5) is 0 Å². The summed E-state index contributed by atoms with van der Waals surface area (Å²) in [5.41, 5.74) is 1.84. The summed E-state index contributed by atoms with van der Waals surface area (Å²) < 4.78 is 5.47. The Morgan fingerprint density at radius 3 is 2.79 bits per heavy atom. The Hall–Kier alpha value is -0.970. The minimum Gasteiger partial charge on any atom is -0.444 e. The maximum Gasteiger partial charge on any atom is 0.226 e. The highest BCUT2D eigenvalue weighted by Gasteiger charge is 2.08. The molecule has 0 radical (unpaired) electrons. The van der Waals surface area contributed by atoms with Crippen molar-refractivity contribution in [3.63, 3.8) is 0 Å². The fraction of sp³-hybridized carbons (Fsp3) is 0.357. The Morgan fingerprint density at radius 2 is 2.11 bits per heavy atom. The molecule has 0 aliphatic rings. The average molecular weight is 298 g/mol. The van der Waals surface area contributed by atoms with Gasteiger partial charge in [-0.3, -0.25) is 0 Å². The van der Waals surface area contributed by atoms with Crippen LogP contribution in [-0.2, 0) is 5.75 Å². The predicted octanol–water partition coefficient (Wildman–Crippen LogP) is 4.00. The van der Waals surface area contributed by atoms with Crippen LogP contribution in [0.3, 0.4) is 0 Å². The lowest BCUT2D eigenvalue weighted by Crippen LogP contribution is -1.99. The van der Waals surface area contributed by atoms with E-state index in [0.29, 0.717) is 16.2 Å². The van der Waals surface area contributed by atoms with Gasteiger partial charge in [-0.1, -0.05) is 18.5 Å². The van der Waals surface area contributed by atoms with E-state index in [-0.39, 0.29) is 6.61 Å². The van der Waals surface area contributed by atoms with Gasteiger partial charge in [-0.25, -0.2) is 4.98 Å². The second-order valence-corrected chi connectivity index (χ2v) is 6.15. The average Bonchev–Trinajstić information content (AvgIpc) is 2.86. The summed E-state index contributed by atoms with van der Waals surface area (Å²) in [6.45, 7) is 2.32. The first-order valence-electron chi connectivity index (χ1n) is 6.12. The summed E-state index contributed by atoms with van der Waals surface area (Å²) in [4.78, 5) is 4.45. The summed E-state index contributed by atoms with van der Waals surface area (Å²) >= 11 is 7.61. The number of thioether (sulfide) groups is 1. The number of oxazole rings is 1. The highest BCUT2D eigenvalue weighted by atomic mass is 35.5. The number of hydrogen-bond donors (Lipinski definition) is 1. The highest BCUT2D eigenvalue weighted by Crippen LogP contribution is 2.24. The maximum atomic E-state index is 8.85. The van der Waals surface area contributed by atoms with Crippen molar-refractivity contribution >= 4 is 23.4 Å². The third kappa shape index (κ3) is 4.27. The summed E-state index contributed by atoms with van der Waals surface area (Å²) in [6.07, 6.45) is 2.48. The molecule has 0 saturated carbocycles. The SMILES string of the molecule is CC(CCO)SCc1coc(-c2ccc(Cl)cc2)n1. The third-order valence-electron chi connectivity index (χ3n) is 2.69. The van der Waals surface area contributed by atoms with Crippen LogP contribution in [0.5, 0.6) is 0 Å². The molecule has 0 aliphatic heterocycles. The zero-order valence-electron chi connectivity index (χ0n) is 10.7. The molecule has 0 aliphatic carbocycles. The third-order valence-corrected chi connectivity index (χ3v) is 4.21. The first-order chi connectivity index (χ1) is 9.19. The zero-order chi connectivity index (χ0) is 13.7. The topological polar surface area (TPSA) is 46.3 Å². The molecule has 2 rings (SSSR count). The van der Waals surface area contributed by atoms with Gasteiger partial charge in [-0.05, 0) is 30.7 Å². The van der Waals surface area contributed by atoms with Crippen molar-refractivity contribution in [3.05, 3.63) is 41.2 Å². The number of aliphatic hydroxyl groups is 1. The Labute approximate surface area is 122 Å². The van der Waals surface area contributed by atoms with Crippen LogP contribution in [0.1, 0.15) is 19.0 Å². The van der Waals surface area contributed by atoms with Gasteiger partial charge in [-0.15, -0.1) is 0 Å². The van der Waals surface area contributed by atoms with E-state index in [1.165, 1.54) is 0 Å². The molecule has 0 saturated heterocycles. The molecule has 19 heavy (non-hydrogen) atoms. The molecule has 0 fully saturated rings. The van der Waals surface area contributed by atoms with E-state index >= 15 is 0 Å². The lowest BCUT2D eigenvalue weighted by molar-refractivity contribution is 0.289. The molecule has 3 nitrogen and oxygen atoms in total. The molecular formula is C14H16ClNO2S. The molecule has 1 aromatic heterocycles. The van der Waals surface area contributed by atoms with Gasteiger partial charge in [0.05, 0.1) is 5.69 Å². The van der Waals surface area contributed by atoms with Gasteiger partial charge in [0, 0.05) is 28.2 Å². The van der Waals surface area contributed by atoms with E-state index in [4.69, 9.17) is 21.1 Å². The van der Waals surface area contributed by atoms with Crippen LogP contribution < -0.4 is 0 Å². The Morgan fingerprint density at radius 1 is 1.37 bits per heavy atom. The van der Waals surface area contributed by atoms with Crippen LogP contribution >= 0.6 is 23.4 Å². The van der Waals surface area contributed by atoms with Crippen molar-refractivity contribution in [2.45, 2.75) is 24.3 Å². The number of hydrogen-bond acceptors (Lipinski definition) is 4. The minimum atomic E-state index is 0.225. The summed E-state index contributed by atoms with van der Waals surface area (Å²) in [5.74, 6) is 1.40. The van der Waals surface area contributed by atoms with Crippen LogP contribution in [0.15, 0.2) is 34.9 Å². The van der Waals surface area contributed by atoms with Gasteiger partial charge in [-0.2, -0.15) is 11.8 Å². The normalized spacial score (nSPS) is 12.6. The summed E-state index contributed by atoms with van der Waals surface area (Å²) in [5, 5.41) is 9.97. The van der Waals surface area contributed by atoms with Crippen molar-refractivity contribution < 1.29 is 9.52 Å². The minimum absolute atomic E-state index is 0.225. The van der Waals surface area contributed by atoms with Crippen molar-refractivity contribution in [2.75, 3.05) is 6.61 Å². The van der Waals surface area contributed by atoms with Crippen molar-refractivity contribution in [1.29, 1.82) is 0 Å². The van der Waals surface area contributed by atoms with E-state index in [2.05, 4.69) is 11.9 Å². The Bertz CT molecular complexity index is 512. The molecule has 1 heterocycles. The van der Waals surface area contributed by atoms with Crippen LogP contribution in [-0.4, -0.2) is 21.9 Å². The number of benzene rings is 1. The fourth-order valence-electron chi connectivity index (χ4n) is 1.59. The van der Waals surface area contributed by atoms with Crippen molar-refractivity contribution in [2.24, 2.45) is 0 Å². The second kappa shape index (κ2) is 6.98. The standard InChI is InChI=1S/C14H16ClNO2S/c1-10(6-7-17)19-9-13-8-18-14(16-13)11-2-4-12(15)5-3-11/h2-5,8,10,17H,6-7,9H2,1H3. The smallest absolute Gasteiger partial charge is 0.226 e. The summed E-state index contributed by atoms with van der Waals surface area (Å²) in [6, 6.07) is 7.41. The number of nitrogens with zero attached hydrogens (tertiary/aromatic N) is 1. The first-order valence-corrected chi connectivity index (χ1v) is 7.54. The van der Waals surface area contributed by atoms with Crippen molar-refractivity contribution in [3.8, 4) is 11.5 Å². The van der Waals surface area contributed by atoms with E-state index in [1.54, 1.807) is 18.0 Å². The molecule has 0 amide bonds. The van der Waals surface area contributed by atoms with Gasteiger partial charge in [0.2, 0.25) is 5.89 Å². The van der Waals surface area contributed by atoms with Gasteiger partial charge in [0.25, 0.3) is 0 Å². The van der Waals surface area contributed by atoms with Gasteiger partial charge in [0.1, 0.15) is 6.26 Å². The molecule has 0 spiro atoms. The van der Waals surface area contributed by atoms with Gasteiger partial charge in [0.15, 0.2) is 0 Å². The highest BCUT2D eigenvalue weighted by molar-refractivity contribution is 7.99. The number of aromatic nitrogens is 1. The molecule has 1 atom stereocenters. The summed E-state index contributed by atoms with van der Waals surface area (Å²) in [7, 11) is 0. The predicted molar refractivity (Wildman–Crippen MR) is 79.4 cm³/mol. The van der Waals surface area contributed by atoms with Crippen LogP contribution in [0.25, 0.3) is 11.5 Å². The van der Waals surface area contributed by atoms with Crippen LogP contribution in [0, 0.1) is 0 Å². The molecule has 5 heteroatoms. The second-order valence-electron chi connectivity index (χ2n) is 4.28. The van der Waals surface area contributed by atoms with Gasteiger partial charge >= 0.3 is 0 Å². The number of aliphatic hydroxyl groups excluding tert-OH is 1. The van der Waals surface area contributed by atoms with E-state index in [0.717, 1.165) is 23.4 Å². The van der Waals surface area contributed by atoms with Crippen LogP contribution in [0.2, 0.25) is 5.02 Å². The molecule has 102 valence electrons. The molecule has 1 unspecified atom stereocenters. The largest absolute Gasteiger partial charge is 0.444 e. The molecule has 1 N–H and O–H groups in total. The maximum absolute atomic E-state index is 8.85. The first kappa shape index (κ1) is 14.4. The zero-order valence-corrected chi connectivity index (χ0v) is 12.2. The lowest BCUT2D eigenvalue weighted by atomic mass is 10.2. The fourth-order valence-corrected chi connectivity index (χ4v) is 2.58. The molecule has 2 aromatic rings. The lowest BCUT2D eigenvalue weighted by Gasteiger charge is -2.06. The van der Waals surface area contributed by atoms with E-state index < -0.39 is 0 Å². The number of halogens is 1. The quantitative estimate of drug-likeness (QED) is 0.875. The molecule has 1 aromatic carbocycles. The Balaban J connectivity index is 1.97.